The minimum absolute atomic E-state index is 0.00512. The maximum atomic E-state index is 13.4. The van der Waals surface area contributed by atoms with Gasteiger partial charge in [-0.25, -0.2) is 0 Å². The van der Waals surface area contributed by atoms with Crippen molar-refractivity contribution in [2.24, 2.45) is 11.8 Å². The highest BCUT2D eigenvalue weighted by Gasteiger charge is 2.53. The van der Waals surface area contributed by atoms with Crippen molar-refractivity contribution in [3.05, 3.63) is 12.2 Å². The Morgan fingerprint density at radius 3 is 2.28 bits per heavy atom. The van der Waals surface area contributed by atoms with Crippen molar-refractivity contribution in [2.75, 3.05) is 21.2 Å². The van der Waals surface area contributed by atoms with Crippen LogP contribution < -0.4 is 0 Å². The third-order valence-corrected chi connectivity index (χ3v) is 11.3. The minimum atomic E-state index is -1.49. The molecule has 3 fully saturated rings. The summed E-state index contributed by atoms with van der Waals surface area (Å²) in [7, 11) is 4.85. The highest BCUT2D eigenvalue weighted by Crippen LogP contribution is 2.38. The molecule has 4 rings (SSSR count). The lowest BCUT2D eigenvalue weighted by Gasteiger charge is -2.50. The van der Waals surface area contributed by atoms with Gasteiger partial charge in [0, 0.05) is 39.7 Å². The second-order valence-corrected chi connectivity index (χ2v) is 16.4. The summed E-state index contributed by atoms with van der Waals surface area (Å²) >= 11 is 0. The standard InChI is InChI=1S/C40H65NO16/c1-11-30(45)55-29-18-31(46)50-21(3)17-28-27(54-28)13-12-26(44)20(2)16-25(14-15-42)36(37(29)49-10)57-39-34(47)33(41(8)9)35(22(4)52-39)56-32-19-40(7,48)38(23(5)51-32)53-24(6)43/h12-13,15,20-23,25-29,32-39,44,47-48H,11,14,16-19H2,1-10H3. The summed E-state index contributed by atoms with van der Waals surface area (Å²) in [5.74, 6) is -2.95. The molecule has 0 aromatic heterocycles. The number of aliphatic hydroxyl groups excluding tert-OH is 2. The number of carbonyl (C=O) groups excluding carboxylic acids is 4. The van der Waals surface area contributed by atoms with Crippen LogP contribution in [0.4, 0.5) is 0 Å². The lowest BCUT2D eigenvalue weighted by molar-refractivity contribution is -0.344. The SMILES string of the molecule is CCC(=O)OC1CC(=O)OC(C)CC2OC2C=CC(O)C(C)CC(CC=O)C(OC2OC(C)C(OC3CC(C)(O)C(OC(C)=O)C(C)O3)C(N(C)C)C2O)C1OC. The van der Waals surface area contributed by atoms with Crippen LogP contribution in [-0.4, -0.2) is 163 Å². The number of aliphatic hydroxyl groups is 3. The Balaban J connectivity index is 1.68. The molecular formula is C40H65NO16. The molecule has 0 aromatic carbocycles. The molecule has 0 aromatic rings. The summed E-state index contributed by atoms with van der Waals surface area (Å²) < 4.78 is 54.1. The first-order chi connectivity index (χ1) is 26.8. The van der Waals surface area contributed by atoms with Crippen LogP contribution in [0, 0.1) is 11.8 Å². The number of methoxy groups -OCH3 is 1. The Bertz CT molecular complexity index is 1380. The van der Waals surface area contributed by atoms with E-state index in [1.54, 1.807) is 58.8 Å². The van der Waals surface area contributed by atoms with Gasteiger partial charge in [-0.05, 0) is 60.0 Å². The average Bonchev–Trinajstić information content (AvgIpc) is 3.86. The number of cyclic esters (lactones) is 1. The van der Waals surface area contributed by atoms with Crippen molar-refractivity contribution >= 4 is 24.2 Å². The van der Waals surface area contributed by atoms with Crippen molar-refractivity contribution in [2.45, 2.75) is 184 Å². The van der Waals surface area contributed by atoms with Crippen molar-refractivity contribution in [1.29, 1.82) is 0 Å². The molecule has 18 atom stereocenters. The summed E-state index contributed by atoms with van der Waals surface area (Å²) in [6.45, 7) is 11.3. The van der Waals surface area contributed by atoms with Gasteiger partial charge in [0.15, 0.2) is 18.7 Å². The molecule has 4 heterocycles. The van der Waals surface area contributed by atoms with Gasteiger partial charge in [0.1, 0.15) is 48.5 Å². The van der Waals surface area contributed by atoms with Crippen LogP contribution in [0.15, 0.2) is 12.2 Å². The number of esters is 3. The van der Waals surface area contributed by atoms with E-state index in [1.165, 1.54) is 21.0 Å². The number of ether oxygens (including phenoxy) is 9. The van der Waals surface area contributed by atoms with E-state index in [4.69, 9.17) is 42.6 Å². The molecule has 326 valence electrons. The number of carbonyl (C=O) groups is 4. The zero-order chi connectivity index (χ0) is 42.4. The third-order valence-electron chi connectivity index (χ3n) is 11.3. The normalized spacial score (nSPS) is 43.4. The van der Waals surface area contributed by atoms with Crippen LogP contribution in [0.5, 0.6) is 0 Å². The van der Waals surface area contributed by atoms with Crippen molar-refractivity contribution in [3.8, 4) is 0 Å². The zero-order valence-corrected chi connectivity index (χ0v) is 34.9. The molecule has 57 heavy (non-hydrogen) atoms. The Kier molecular flexibility index (Phi) is 17.0. The van der Waals surface area contributed by atoms with Gasteiger partial charge in [0.05, 0.1) is 43.0 Å². The van der Waals surface area contributed by atoms with Crippen molar-refractivity contribution in [3.63, 3.8) is 0 Å². The highest BCUT2D eigenvalue weighted by atomic mass is 16.7. The lowest BCUT2D eigenvalue weighted by Crippen LogP contribution is -2.66. The Morgan fingerprint density at radius 2 is 1.68 bits per heavy atom. The fourth-order valence-corrected chi connectivity index (χ4v) is 8.31. The Labute approximate surface area is 335 Å². The minimum Gasteiger partial charge on any atom is -0.462 e. The largest absolute Gasteiger partial charge is 0.462 e. The molecule has 0 spiro atoms. The summed E-state index contributed by atoms with van der Waals surface area (Å²) in [5.41, 5.74) is -1.49. The molecule has 18 unspecified atom stereocenters. The van der Waals surface area contributed by atoms with Gasteiger partial charge in [0.2, 0.25) is 0 Å². The van der Waals surface area contributed by atoms with Gasteiger partial charge in [-0.3, -0.25) is 14.4 Å². The van der Waals surface area contributed by atoms with Crippen LogP contribution in [0.1, 0.15) is 87.0 Å². The van der Waals surface area contributed by atoms with E-state index in [9.17, 15) is 34.5 Å². The first-order valence-electron chi connectivity index (χ1n) is 20.0. The molecular weight excluding hydrogens is 750 g/mol. The fraction of sp³-hybridized carbons (Fsp3) is 0.850. The zero-order valence-electron chi connectivity index (χ0n) is 34.9. The van der Waals surface area contributed by atoms with E-state index < -0.39 is 121 Å². The first-order valence-corrected chi connectivity index (χ1v) is 20.0. The predicted octanol–water partition coefficient (Wildman–Crippen LogP) is 1.59. The number of hydrogen-bond acceptors (Lipinski definition) is 17. The maximum absolute atomic E-state index is 13.4. The molecule has 17 heteroatoms. The summed E-state index contributed by atoms with van der Waals surface area (Å²) in [4.78, 5) is 52.0. The van der Waals surface area contributed by atoms with Crippen LogP contribution in [0.2, 0.25) is 0 Å². The first kappa shape index (κ1) is 47.1. The van der Waals surface area contributed by atoms with E-state index in [0.717, 1.165) is 0 Å². The molecule has 4 aliphatic heterocycles. The second-order valence-electron chi connectivity index (χ2n) is 16.4. The van der Waals surface area contributed by atoms with Gasteiger partial charge in [-0.2, -0.15) is 0 Å². The van der Waals surface area contributed by atoms with E-state index in [1.807, 2.05) is 6.92 Å². The van der Waals surface area contributed by atoms with E-state index in [-0.39, 0.29) is 37.9 Å². The molecule has 0 radical (unpaired) electrons. The third kappa shape index (κ3) is 12.5. The topological polar surface area (TPSA) is 219 Å². The molecule has 17 nitrogen and oxygen atoms in total. The monoisotopic (exact) mass is 815 g/mol. The molecule has 0 amide bonds. The summed E-state index contributed by atoms with van der Waals surface area (Å²) in [6.07, 6.45) is -8.23. The fourth-order valence-electron chi connectivity index (χ4n) is 8.31. The van der Waals surface area contributed by atoms with Crippen LogP contribution >= 0.6 is 0 Å². The van der Waals surface area contributed by atoms with Gasteiger partial charge in [0.25, 0.3) is 0 Å². The highest BCUT2D eigenvalue weighted by molar-refractivity contribution is 5.72. The number of rotatable bonds is 11. The van der Waals surface area contributed by atoms with Crippen molar-refractivity contribution in [1.82, 2.24) is 4.90 Å². The van der Waals surface area contributed by atoms with Crippen LogP contribution in [0.3, 0.4) is 0 Å². The Morgan fingerprint density at radius 1 is 0.982 bits per heavy atom. The maximum Gasteiger partial charge on any atom is 0.309 e. The second kappa shape index (κ2) is 20.6. The quantitative estimate of drug-likeness (QED) is 0.0887. The van der Waals surface area contributed by atoms with Crippen molar-refractivity contribution < 1.29 is 77.1 Å². The number of likely N-dealkylation sites (N-methyl/N-ethyl adjacent to an activating group) is 1. The smallest absolute Gasteiger partial charge is 0.309 e. The van der Waals surface area contributed by atoms with Gasteiger partial charge in [-0.1, -0.05) is 26.0 Å². The Hall–Kier alpha value is -2.58. The molecule has 4 aliphatic rings. The number of hydrogen-bond donors (Lipinski definition) is 3. The van der Waals surface area contributed by atoms with E-state index in [0.29, 0.717) is 12.7 Å². The van der Waals surface area contributed by atoms with Gasteiger partial charge < -0.3 is 67.6 Å². The average molecular weight is 816 g/mol. The number of aldehydes is 1. The number of nitrogens with zero attached hydrogens (tertiary/aromatic N) is 1. The molecule has 3 N–H and O–H groups in total. The van der Waals surface area contributed by atoms with Crippen LogP contribution in [-0.2, 0) is 61.8 Å². The summed E-state index contributed by atoms with van der Waals surface area (Å²) in [5, 5.41) is 34.5. The van der Waals surface area contributed by atoms with E-state index in [2.05, 4.69) is 0 Å². The summed E-state index contributed by atoms with van der Waals surface area (Å²) in [6, 6.07) is -0.782. The molecule has 0 aliphatic carbocycles. The van der Waals surface area contributed by atoms with E-state index >= 15 is 0 Å². The van der Waals surface area contributed by atoms with Gasteiger partial charge in [-0.15, -0.1) is 0 Å². The molecule has 0 saturated carbocycles. The number of fused-ring (bicyclic) bond motifs is 1. The van der Waals surface area contributed by atoms with Gasteiger partial charge >= 0.3 is 17.9 Å². The lowest BCUT2D eigenvalue weighted by atomic mass is 9.82. The number of epoxide rings is 1. The van der Waals surface area contributed by atoms with Crippen LogP contribution in [0.25, 0.3) is 0 Å². The molecule has 3 saturated heterocycles. The predicted molar refractivity (Wildman–Crippen MR) is 200 cm³/mol. The molecule has 0 bridgehead atoms.